The van der Waals surface area contributed by atoms with Crippen molar-refractivity contribution in [3.63, 3.8) is 0 Å². The second-order valence-corrected chi connectivity index (χ2v) is 56.1. The molecule has 0 saturated carbocycles. The van der Waals surface area contributed by atoms with Crippen LogP contribution >= 0.6 is 0 Å². The van der Waals surface area contributed by atoms with Gasteiger partial charge >= 0.3 is 0 Å². The Hall–Kier alpha value is -10.4. The van der Waals surface area contributed by atoms with Gasteiger partial charge in [0, 0.05) is 88.8 Å². The quantitative estimate of drug-likeness (QED) is 0.0208. The van der Waals surface area contributed by atoms with E-state index < -0.39 is 24.2 Å². The van der Waals surface area contributed by atoms with E-state index in [1.807, 2.05) is 0 Å². The SMILES string of the molecule is CCCCCCCCOc1cc(C#C[Si](C)(C)CCCC#N)c(OCCCCCCCC)cc1C#Cc1ccc(-c2ccc(-n3c4cc(C#Cc5cc(OCCCCCCCC)c(C#C[Si](CCCC#N)(C(C)C)C(C)C)cc5OCCCCCCCC)ccc4c4ccc(C#Cc5cc(OCCCCCCCC)c(C#C[Si](CCCC#N)(C(C)C)C(C)C)cc5OCCCCCCCC)cc43)cc2)cc1. The minimum atomic E-state index is -2.25. The van der Waals surface area contributed by atoms with Gasteiger partial charge < -0.3 is 33.0 Å². The van der Waals surface area contributed by atoms with Gasteiger partial charge in [0.25, 0.3) is 0 Å². The summed E-state index contributed by atoms with van der Waals surface area (Å²) in [4.78, 5) is 0. The molecule has 8 rings (SSSR count). The van der Waals surface area contributed by atoms with Crippen LogP contribution in [0, 0.1) is 104 Å². The van der Waals surface area contributed by atoms with E-state index in [1.54, 1.807) is 0 Å². The molecule has 0 aliphatic heterocycles. The summed E-state index contributed by atoms with van der Waals surface area (Å²) in [5.41, 5.74) is 25.9. The Morgan fingerprint density at radius 1 is 0.255 bits per heavy atom. The van der Waals surface area contributed by atoms with Gasteiger partial charge in [0.2, 0.25) is 0 Å². The third-order valence-electron chi connectivity index (χ3n) is 28.3. The van der Waals surface area contributed by atoms with E-state index in [0.29, 0.717) is 92.6 Å². The van der Waals surface area contributed by atoms with Gasteiger partial charge in [0.1, 0.15) is 58.7 Å². The number of benzene rings is 7. The number of fused-ring (bicyclic) bond motifs is 3. The number of aromatic nitrogens is 1. The second kappa shape index (κ2) is 65.7. The molecule has 0 aliphatic rings. The topological polar surface area (TPSA) is 132 Å². The molecule has 0 atom stereocenters. The number of hydrogen-bond acceptors (Lipinski definition) is 9. The molecular formula is C128H174N4O6Si3. The van der Waals surface area contributed by atoms with Crippen LogP contribution in [0.5, 0.6) is 34.5 Å². The van der Waals surface area contributed by atoms with Crippen molar-refractivity contribution in [1.29, 1.82) is 15.8 Å². The third-order valence-corrected chi connectivity index (χ3v) is 42.5. The second-order valence-electron chi connectivity index (χ2n) is 41.3. The zero-order chi connectivity index (χ0) is 101. The average molecular weight is 1950 g/mol. The Morgan fingerprint density at radius 2 is 0.496 bits per heavy atom. The van der Waals surface area contributed by atoms with Gasteiger partial charge in [0.05, 0.1) is 102 Å². The van der Waals surface area contributed by atoms with E-state index in [0.717, 1.165) is 226 Å². The molecule has 0 radical (unpaired) electrons. The molecule has 0 spiro atoms. The first-order valence-corrected chi connectivity index (χ1v) is 63.4. The highest BCUT2D eigenvalue weighted by Gasteiger charge is 2.40. The molecular weight excluding hydrogens is 1770 g/mol. The van der Waals surface area contributed by atoms with E-state index in [4.69, 9.17) is 28.4 Å². The molecule has 7 aromatic carbocycles. The molecule has 0 N–H and O–H groups in total. The highest BCUT2D eigenvalue weighted by Crippen LogP contribution is 2.42. The van der Waals surface area contributed by atoms with Crippen molar-refractivity contribution in [2.24, 2.45) is 0 Å². The van der Waals surface area contributed by atoms with Crippen molar-refractivity contribution in [3.05, 3.63) is 171 Å². The van der Waals surface area contributed by atoms with E-state index in [9.17, 15) is 15.8 Å². The highest BCUT2D eigenvalue weighted by molar-refractivity contribution is 6.90. The van der Waals surface area contributed by atoms with E-state index in [-0.39, 0.29) is 0 Å². The number of unbranched alkanes of at least 4 members (excludes halogenated alkanes) is 33. The summed E-state index contributed by atoms with van der Waals surface area (Å²) in [6.07, 6.45) is 45.7. The van der Waals surface area contributed by atoms with Crippen LogP contribution in [0.1, 0.15) is 417 Å². The molecule has 0 saturated heterocycles. The fraction of sp³-hybridized carbons (Fsp3) is 0.555. The summed E-state index contributed by atoms with van der Waals surface area (Å²) in [5.74, 6) is 37.5. The minimum Gasteiger partial charge on any atom is -0.492 e. The summed E-state index contributed by atoms with van der Waals surface area (Å²) in [6, 6.07) is 53.5. The average Bonchev–Trinajstić information content (AvgIpc) is 1.58. The Morgan fingerprint density at radius 3 is 0.773 bits per heavy atom. The maximum Gasteiger partial charge on any atom is 0.143 e. The monoisotopic (exact) mass is 1950 g/mol. The van der Waals surface area contributed by atoms with E-state index >= 15 is 0 Å². The molecule has 13 heteroatoms. The Labute approximate surface area is 859 Å². The first kappa shape index (κ1) is 116. The maximum absolute atomic E-state index is 9.75. The highest BCUT2D eigenvalue weighted by atomic mass is 28.3. The molecule has 0 fully saturated rings. The zero-order valence-electron chi connectivity index (χ0n) is 90.2. The minimum absolute atomic E-state index is 0.395. The van der Waals surface area contributed by atoms with Crippen molar-refractivity contribution >= 4 is 46.0 Å². The van der Waals surface area contributed by atoms with E-state index in [2.05, 4.69) is 324 Å². The fourth-order valence-electron chi connectivity index (χ4n) is 19.2. The largest absolute Gasteiger partial charge is 0.492 e. The van der Waals surface area contributed by atoms with Gasteiger partial charge in [-0.1, -0.05) is 392 Å². The van der Waals surface area contributed by atoms with Gasteiger partial charge in [0.15, 0.2) is 0 Å². The van der Waals surface area contributed by atoms with Crippen LogP contribution in [0.25, 0.3) is 38.6 Å². The molecule has 8 aromatic rings. The van der Waals surface area contributed by atoms with Crippen molar-refractivity contribution in [2.75, 3.05) is 39.6 Å². The molecule has 1 aromatic heterocycles. The van der Waals surface area contributed by atoms with Crippen molar-refractivity contribution in [1.82, 2.24) is 4.57 Å². The standard InChI is InChI=1S/C128H174N4O6Si3/c1-17-23-29-35-41-50-83-133-123-100-115(77-92-139(15,16)89-56-47-80-129)126(136-86-53-44-38-32-26-20-4)97-112(123)68-61-107-59-66-110(67-60-107)111-71-73-118(74-72-111)132-121-95-108(62-69-113-98-127(137-87-54-45-39-33-27-21-5)116(101-124(113)134-84-51-42-36-30-24-18-2)78-93-140(103(7)8,104(9)10)90-57-48-81-130)64-75-119(121)120-76-65-109(96-122(120)132)63-70-114-99-128(138-88-55-46-40-34-28-22-6)117(102-125(114)135-85-52-43-37-31-25-19-3)79-94-141(105(11)12,106(13)14)91-58-49-82-131/h59-60,64-67,71-76,95-106H,17-58,83-91H2,1-16H3. The first-order chi connectivity index (χ1) is 68.6. The van der Waals surface area contributed by atoms with Crippen molar-refractivity contribution < 1.29 is 28.4 Å². The van der Waals surface area contributed by atoms with Gasteiger partial charge in [-0.15, -0.1) is 16.6 Å². The molecule has 0 aliphatic carbocycles. The molecule has 10 nitrogen and oxygen atoms in total. The predicted octanol–water partition coefficient (Wildman–Crippen LogP) is 35.9. The molecule has 1 heterocycles. The van der Waals surface area contributed by atoms with Gasteiger partial charge in [-0.25, -0.2) is 0 Å². The van der Waals surface area contributed by atoms with Crippen LogP contribution < -0.4 is 28.4 Å². The molecule has 754 valence electrons. The summed E-state index contributed by atoms with van der Waals surface area (Å²) < 4.78 is 43.5. The van der Waals surface area contributed by atoms with Gasteiger partial charge in [-0.2, -0.15) is 15.8 Å². The van der Waals surface area contributed by atoms with Crippen LogP contribution in [-0.4, -0.2) is 68.4 Å². The lowest BCUT2D eigenvalue weighted by atomic mass is 10.0. The van der Waals surface area contributed by atoms with Crippen LogP contribution in [0.15, 0.2) is 121 Å². The van der Waals surface area contributed by atoms with Crippen LogP contribution in [0.2, 0.25) is 53.4 Å². The lowest BCUT2D eigenvalue weighted by Gasteiger charge is -2.34. The van der Waals surface area contributed by atoms with Crippen LogP contribution in [0.3, 0.4) is 0 Å². The Kier molecular flexibility index (Phi) is 54.0. The lowest BCUT2D eigenvalue weighted by Crippen LogP contribution is -2.40. The molecule has 0 bridgehead atoms. The van der Waals surface area contributed by atoms with E-state index in [1.165, 1.54) is 154 Å². The molecule has 0 unspecified atom stereocenters. The summed E-state index contributed by atoms with van der Waals surface area (Å²) in [7, 11) is -6.46. The van der Waals surface area contributed by atoms with Gasteiger partial charge in [-0.05, 0) is 158 Å². The maximum atomic E-state index is 9.75. The third kappa shape index (κ3) is 39.0. The summed E-state index contributed by atoms with van der Waals surface area (Å²) in [6.45, 7) is 40.3. The summed E-state index contributed by atoms with van der Waals surface area (Å²) >= 11 is 0. The van der Waals surface area contributed by atoms with Gasteiger partial charge in [-0.3, -0.25) is 0 Å². The summed E-state index contributed by atoms with van der Waals surface area (Å²) in [5, 5.41) is 31.1. The smallest absolute Gasteiger partial charge is 0.143 e. The first-order valence-electron chi connectivity index (χ1n) is 55.5. The normalized spacial score (nSPS) is 11.3. The number of nitrogens with zero attached hydrogens (tertiary/aromatic N) is 4. The van der Waals surface area contributed by atoms with Crippen molar-refractivity contribution in [3.8, 4) is 139 Å². The number of hydrogen-bond donors (Lipinski definition) is 0. The fourth-order valence-corrected chi connectivity index (χ4v) is 29.5. The number of rotatable bonds is 63. The van der Waals surface area contributed by atoms with Crippen LogP contribution in [0.4, 0.5) is 0 Å². The molecule has 0 amide bonds. The zero-order valence-corrected chi connectivity index (χ0v) is 93.2. The number of ether oxygens (including phenoxy) is 6. The molecule has 141 heavy (non-hydrogen) atoms. The lowest BCUT2D eigenvalue weighted by molar-refractivity contribution is 0.295. The van der Waals surface area contributed by atoms with Crippen molar-refractivity contribution in [2.45, 2.75) is 420 Å². The number of nitriles is 3. The Balaban J connectivity index is 1.31. The predicted molar refractivity (Wildman–Crippen MR) is 606 cm³/mol. The van der Waals surface area contributed by atoms with Crippen LogP contribution in [-0.2, 0) is 0 Å². The Bertz CT molecular complexity index is 5400.